The second kappa shape index (κ2) is 12.1. The van der Waals surface area contributed by atoms with Gasteiger partial charge in [-0.15, -0.1) is 0 Å². The highest BCUT2D eigenvalue weighted by atomic mass is 16.5. The number of aromatic nitrogens is 3. The van der Waals surface area contributed by atoms with Gasteiger partial charge in [0, 0.05) is 22.1 Å². The molecule has 0 amide bonds. The van der Waals surface area contributed by atoms with Gasteiger partial charge in [-0.2, -0.15) is 0 Å². The maximum atomic E-state index is 14.4. The Kier molecular flexibility index (Phi) is 6.91. The summed E-state index contributed by atoms with van der Waals surface area (Å²) in [6, 6.07) is 52.1. The summed E-state index contributed by atoms with van der Waals surface area (Å²) < 4.78 is 12.9. The van der Waals surface area contributed by atoms with E-state index in [-0.39, 0.29) is 10.8 Å². The number of hydrogen-bond donors (Lipinski definition) is 0. The minimum absolute atomic E-state index is 0.127. The SMILES string of the molecule is CC1(C)c2ccccc2N2c3cc(-c4ccc5oc6ccc(-c7nc(-c8ccccc8)nc(-c8ccccc8)n7)cc6c(=O)c5c4)ccc3Oc3cccc1c32. The second-order valence-electron chi connectivity index (χ2n) is 14.8. The van der Waals surface area contributed by atoms with Crippen LogP contribution in [0.2, 0.25) is 0 Å². The van der Waals surface area contributed by atoms with E-state index in [1.807, 2.05) is 115 Å². The Balaban J connectivity index is 1.03. The number of anilines is 3. The van der Waals surface area contributed by atoms with E-state index in [4.69, 9.17) is 24.1 Å². The molecule has 7 nitrogen and oxygen atoms in total. The topological polar surface area (TPSA) is 81.4 Å². The zero-order valence-electron chi connectivity index (χ0n) is 30.5. The molecule has 0 saturated carbocycles. The Morgan fingerprint density at radius 1 is 0.482 bits per heavy atom. The molecule has 0 radical (unpaired) electrons. The van der Waals surface area contributed by atoms with Crippen LogP contribution >= 0.6 is 0 Å². The first-order chi connectivity index (χ1) is 27.4. The summed E-state index contributed by atoms with van der Waals surface area (Å²) in [6.45, 7) is 4.54. The Morgan fingerprint density at radius 2 is 1.04 bits per heavy atom. The Hall–Kier alpha value is -7.38. The molecule has 11 rings (SSSR count). The van der Waals surface area contributed by atoms with E-state index in [0.717, 1.165) is 50.8 Å². The van der Waals surface area contributed by atoms with Crippen molar-refractivity contribution < 1.29 is 9.15 Å². The van der Waals surface area contributed by atoms with Crippen molar-refractivity contribution in [2.45, 2.75) is 19.3 Å². The molecule has 7 heteroatoms. The van der Waals surface area contributed by atoms with E-state index in [1.165, 1.54) is 11.1 Å². The van der Waals surface area contributed by atoms with Gasteiger partial charge in [0.1, 0.15) is 11.2 Å². The zero-order chi connectivity index (χ0) is 37.5. The standard InChI is InChI=1S/C49H32N4O3/c1-49(2)36-16-9-10-18-38(36)53-39-28-32(21-25-42(39)56-43-19-11-17-37(49)44(43)53)31-20-23-40-34(26-31)45(54)35-27-33(22-24-41(35)55-40)48-51-46(29-12-5-3-6-13-29)50-47(52-48)30-14-7-4-8-15-30/h3-28H,1-2H3. The molecule has 0 N–H and O–H groups in total. The molecule has 0 atom stereocenters. The van der Waals surface area contributed by atoms with Gasteiger partial charge in [0.25, 0.3) is 0 Å². The highest BCUT2D eigenvalue weighted by Gasteiger charge is 2.41. The number of nitrogens with zero attached hydrogens (tertiary/aromatic N) is 4. The molecule has 4 heterocycles. The predicted molar refractivity (Wildman–Crippen MR) is 222 cm³/mol. The van der Waals surface area contributed by atoms with Crippen molar-refractivity contribution in [1.29, 1.82) is 0 Å². The average molecular weight is 725 g/mol. The van der Waals surface area contributed by atoms with Gasteiger partial charge in [0.15, 0.2) is 29.0 Å². The lowest BCUT2D eigenvalue weighted by atomic mass is 9.73. The van der Waals surface area contributed by atoms with E-state index < -0.39 is 0 Å². The largest absolute Gasteiger partial charge is 0.456 e. The summed E-state index contributed by atoms with van der Waals surface area (Å²) in [5.74, 6) is 3.19. The average Bonchev–Trinajstić information content (AvgIpc) is 3.25. The molecule has 7 aromatic carbocycles. The first-order valence-electron chi connectivity index (χ1n) is 18.6. The smallest absolute Gasteiger partial charge is 0.200 e. The predicted octanol–water partition coefficient (Wildman–Crippen LogP) is 12.0. The summed E-state index contributed by atoms with van der Waals surface area (Å²) in [5.41, 5.74) is 10.6. The van der Waals surface area contributed by atoms with Gasteiger partial charge in [0.2, 0.25) is 5.43 Å². The lowest BCUT2D eigenvalue weighted by Gasteiger charge is -2.44. The third-order valence-corrected chi connectivity index (χ3v) is 11.1. The molecule has 266 valence electrons. The van der Waals surface area contributed by atoms with Crippen LogP contribution in [0, 0.1) is 0 Å². The molecular weight excluding hydrogens is 693 g/mol. The van der Waals surface area contributed by atoms with E-state index >= 15 is 0 Å². The van der Waals surface area contributed by atoms with Crippen molar-refractivity contribution >= 4 is 39.0 Å². The zero-order valence-corrected chi connectivity index (χ0v) is 30.5. The molecule has 2 aliphatic rings. The van der Waals surface area contributed by atoms with Gasteiger partial charge in [-0.05, 0) is 76.9 Å². The quantitative estimate of drug-likeness (QED) is 0.167. The number of rotatable bonds is 4. The fourth-order valence-electron chi connectivity index (χ4n) is 8.24. The molecule has 0 aliphatic carbocycles. The number of ether oxygens (including phenoxy) is 1. The molecule has 0 bridgehead atoms. The highest BCUT2D eigenvalue weighted by Crippen LogP contribution is 2.60. The summed E-state index contributed by atoms with van der Waals surface area (Å²) in [5, 5.41) is 0.940. The van der Waals surface area contributed by atoms with Gasteiger partial charge in [-0.3, -0.25) is 4.79 Å². The van der Waals surface area contributed by atoms with Crippen LogP contribution in [0.5, 0.6) is 11.5 Å². The molecular formula is C49H32N4O3. The Morgan fingerprint density at radius 3 is 1.73 bits per heavy atom. The highest BCUT2D eigenvalue weighted by molar-refractivity contribution is 5.96. The molecule has 0 spiro atoms. The van der Waals surface area contributed by atoms with Crippen LogP contribution in [0.15, 0.2) is 167 Å². The lowest BCUT2D eigenvalue weighted by molar-refractivity contribution is 0.471. The summed E-state index contributed by atoms with van der Waals surface area (Å²) in [4.78, 5) is 31.3. The van der Waals surface area contributed by atoms with Crippen molar-refractivity contribution in [2.75, 3.05) is 4.90 Å². The molecule has 0 fully saturated rings. The maximum absolute atomic E-state index is 14.4. The Bertz CT molecular complexity index is 3060. The van der Waals surface area contributed by atoms with Crippen molar-refractivity contribution in [3.8, 4) is 56.8 Å². The number of benzene rings is 7. The number of para-hydroxylation sites is 2. The van der Waals surface area contributed by atoms with Crippen molar-refractivity contribution in [1.82, 2.24) is 15.0 Å². The van der Waals surface area contributed by atoms with Crippen LogP contribution in [0.25, 0.3) is 67.2 Å². The summed E-state index contributed by atoms with van der Waals surface area (Å²) in [6.07, 6.45) is 0. The van der Waals surface area contributed by atoms with Crippen LogP contribution in [-0.2, 0) is 5.41 Å². The maximum Gasteiger partial charge on any atom is 0.200 e. The van der Waals surface area contributed by atoms with E-state index in [2.05, 4.69) is 61.2 Å². The molecule has 0 unspecified atom stereocenters. The van der Waals surface area contributed by atoms with Crippen LogP contribution in [-0.4, -0.2) is 15.0 Å². The number of fused-ring (bicyclic) bond motifs is 6. The lowest BCUT2D eigenvalue weighted by Crippen LogP contribution is -2.32. The monoisotopic (exact) mass is 724 g/mol. The molecule has 56 heavy (non-hydrogen) atoms. The van der Waals surface area contributed by atoms with Crippen molar-refractivity contribution in [3.05, 3.63) is 179 Å². The minimum Gasteiger partial charge on any atom is -0.456 e. The minimum atomic E-state index is -0.205. The molecule has 2 aromatic heterocycles. The third kappa shape index (κ3) is 4.91. The first-order valence-corrected chi connectivity index (χ1v) is 18.6. The van der Waals surface area contributed by atoms with E-state index in [0.29, 0.717) is 45.0 Å². The number of hydrogen-bond acceptors (Lipinski definition) is 7. The van der Waals surface area contributed by atoms with E-state index in [1.54, 1.807) is 0 Å². The van der Waals surface area contributed by atoms with Gasteiger partial charge in [0.05, 0.1) is 27.8 Å². The van der Waals surface area contributed by atoms with Crippen LogP contribution in [0.3, 0.4) is 0 Å². The van der Waals surface area contributed by atoms with Gasteiger partial charge in [-0.1, -0.05) is 117 Å². The second-order valence-corrected chi connectivity index (χ2v) is 14.8. The summed E-state index contributed by atoms with van der Waals surface area (Å²) >= 11 is 0. The van der Waals surface area contributed by atoms with Gasteiger partial charge >= 0.3 is 0 Å². The van der Waals surface area contributed by atoms with Gasteiger partial charge < -0.3 is 14.1 Å². The Labute approximate surface area is 322 Å². The first kappa shape index (κ1) is 32.1. The van der Waals surface area contributed by atoms with Crippen molar-refractivity contribution in [2.24, 2.45) is 0 Å². The normalized spacial score (nSPS) is 13.5. The summed E-state index contributed by atoms with van der Waals surface area (Å²) in [7, 11) is 0. The molecule has 0 saturated heterocycles. The fraction of sp³-hybridized carbons (Fsp3) is 0.0612. The van der Waals surface area contributed by atoms with Gasteiger partial charge in [-0.25, -0.2) is 15.0 Å². The fourth-order valence-corrected chi connectivity index (χ4v) is 8.24. The van der Waals surface area contributed by atoms with Crippen LogP contribution in [0.4, 0.5) is 17.1 Å². The third-order valence-electron chi connectivity index (χ3n) is 11.1. The molecule has 2 aliphatic heterocycles. The van der Waals surface area contributed by atoms with Crippen molar-refractivity contribution in [3.63, 3.8) is 0 Å². The molecule has 9 aromatic rings. The van der Waals surface area contributed by atoms with E-state index in [9.17, 15) is 4.79 Å². The van der Waals surface area contributed by atoms with Crippen LogP contribution in [0.1, 0.15) is 25.0 Å². The van der Waals surface area contributed by atoms with Crippen LogP contribution < -0.4 is 15.1 Å².